The number of anilines is 2. The van der Waals surface area contributed by atoms with Gasteiger partial charge in [-0.1, -0.05) is 13.3 Å². The lowest BCUT2D eigenvalue weighted by Crippen LogP contribution is -2.46. The largest absolute Gasteiger partial charge is 0.369 e. The molecule has 0 bridgehead atoms. The number of nitrogens with zero attached hydrogens (tertiary/aromatic N) is 3. The van der Waals surface area contributed by atoms with E-state index in [0.29, 0.717) is 12.1 Å². The highest BCUT2D eigenvalue weighted by atomic mass is 32.2. The van der Waals surface area contributed by atoms with Crippen LogP contribution in [-0.2, 0) is 10.0 Å². The summed E-state index contributed by atoms with van der Waals surface area (Å²) in [5.74, 6) is -0.255. The predicted molar refractivity (Wildman–Crippen MR) is 132 cm³/mol. The first-order valence-electron chi connectivity index (χ1n) is 11.9. The number of hydrogen-bond acceptors (Lipinski definition) is 5. The highest BCUT2D eigenvalue weighted by molar-refractivity contribution is 7.89. The van der Waals surface area contributed by atoms with E-state index < -0.39 is 10.0 Å². The summed E-state index contributed by atoms with van der Waals surface area (Å²) in [7, 11) is -3.54. The number of sulfonamides is 1. The van der Waals surface area contributed by atoms with E-state index in [1.54, 1.807) is 16.4 Å². The molecule has 2 fully saturated rings. The second-order valence-corrected chi connectivity index (χ2v) is 10.8. The minimum absolute atomic E-state index is 0.00483. The Morgan fingerprint density at radius 3 is 2.21 bits per heavy atom. The van der Waals surface area contributed by atoms with E-state index in [1.807, 2.05) is 31.2 Å². The number of likely N-dealkylation sites (N-methyl/N-ethyl adjacent to an activating group) is 1. The number of benzene rings is 2. The van der Waals surface area contributed by atoms with Crippen molar-refractivity contribution in [2.24, 2.45) is 0 Å². The Morgan fingerprint density at radius 1 is 0.939 bits per heavy atom. The van der Waals surface area contributed by atoms with Crippen LogP contribution in [0.4, 0.5) is 11.4 Å². The first kappa shape index (κ1) is 23.7. The van der Waals surface area contributed by atoms with Crippen molar-refractivity contribution < 1.29 is 13.2 Å². The van der Waals surface area contributed by atoms with Gasteiger partial charge in [0.25, 0.3) is 5.91 Å². The number of rotatable bonds is 6. The van der Waals surface area contributed by atoms with Gasteiger partial charge in [-0.2, -0.15) is 4.31 Å². The lowest BCUT2D eigenvalue weighted by atomic mass is 10.1. The molecule has 0 radical (unpaired) electrons. The number of carbonyl (C=O) groups excluding carboxylic acids is 1. The molecule has 0 saturated carbocycles. The van der Waals surface area contributed by atoms with Crippen LogP contribution in [0.1, 0.15) is 43.5 Å². The smallest absolute Gasteiger partial charge is 0.255 e. The van der Waals surface area contributed by atoms with Gasteiger partial charge in [0.05, 0.1) is 4.90 Å². The molecule has 2 aliphatic rings. The molecule has 8 heteroatoms. The van der Waals surface area contributed by atoms with Crippen LogP contribution in [0.15, 0.2) is 53.4 Å². The van der Waals surface area contributed by atoms with Crippen molar-refractivity contribution in [3.63, 3.8) is 0 Å². The number of amides is 1. The molecule has 2 aromatic rings. The molecule has 0 unspecified atom stereocenters. The second kappa shape index (κ2) is 10.2. The minimum atomic E-state index is -3.54. The van der Waals surface area contributed by atoms with E-state index >= 15 is 0 Å². The maximum atomic E-state index is 13.0. The number of hydrogen-bond donors (Lipinski definition) is 1. The van der Waals surface area contributed by atoms with Crippen LogP contribution in [0.5, 0.6) is 0 Å². The van der Waals surface area contributed by atoms with E-state index in [2.05, 4.69) is 22.0 Å². The van der Waals surface area contributed by atoms with Gasteiger partial charge in [-0.25, -0.2) is 8.42 Å². The molecule has 0 aliphatic carbocycles. The molecule has 178 valence electrons. The van der Waals surface area contributed by atoms with Crippen LogP contribution in [0.2, 0.25) is 0 Å². The Bertz CT molecular complexity index is 1050. The van der Waals surface area contributed by atoms with Crippen LogP contribution >= 0.6 is 0 Å². The standard InChI is InChI=1S/C25H34N4O3S/c1-3-27-16-18-28(19-17-27)23-11-9-22(10-12-23)26-25(30)21-7-13-24(14-8-21)33(31,32)29-15-5-4-6-20(29)2/h7-14,20H,3-6,15-19H2,1-2H3,(H,26,30)/t20-/m1/s1. The normalized spacial score (nSPS) is 20.5. The maximum absolute atomic E-state index is 13.0. The SMILES string of the molecule is CCN1CCN(c2ccc(NC(=O)c3ccc(S(=O)(=O)N4CCCC[C@H]4C)cc3)cc2)CC1. The van der Waals surface area contributed by atoms with E-state index in [9.17, 15) is 13.2 Å². The maximum Gasteiger partial charge on any atom is 0.255 e. The quantitative estimate of drug-likeness (QED) is 0.698. The van der Waals surface area contributed by atoms with Crippen LogP contribution in [0, 0.1) is 0 Å². The summed E-state index contributed by atoms with van der Waals surface area (Å²) >= 11 is 0. The fraction of sp³-hybridized carbons (Fsp3) is 0.480. The third-order valence-corrected chi connectivity index (χ3v) is 8.80. The van der Waals surface area contributed by atoms with Gasteiger partial charge in [0, 0.05) is 55.7 Å². The Morgan fingerprint density at radius 2 is 1.61 bits per heavy atom. The number of nitrogens with one attached hydrogen (secondary N) is 1. The zero-order chi connectivity index (χ0) is 23.4. The van der Waals surface area contributed by atoms with Crippen molar-refractivity contribution in [3.05, 3.63) is 54.1 Å². The van der Waals surface area contributed by atoms with Crippen molar-refractivity contribution in [3.8, 4) is 0 Å². The van der Waals surface area contributed by atoms with Gasteiger partial charge in [0.1, 0.15) is 0 Å². The van der Waals surface area contributed by atoms with Gasteiger partial charge in [0.15, 0.2) is 0 Å². The lowest BCUT2D eigenvalue weighted by molar-refractivity contribution is 0.102. The van der Waals surface area contributed by atoms with Crippen molar-refractivity contribution >= 4 is 27.3 Å². The fourth-order valence-corrected chi connectivity index (χ4v) is 6.32. The highest BCUT2D eigenvalue weighted by Crippen LogP contribution is 2.25. The molecular formula is C25H34N4O3S. The molecule has 1 atom stereocenters. The zero-order valence-electron chi connectivity index (χ0n) is 19.5. The third-order valence-electron chi connectivity index (χ3n) is 6.77. The average Bonchev–Trinajstić information content (AvgIpc) is 2.85. The number of carbonyl (C=O) groups is 1. The van der Waals surface area contributed by atoms with Gasteiger partial charge < -0.3 is 15.1 Å². The molecule has 0 aromatic heterocycles. The van der Waals surface area contributed by atoms with E-state index in [0.717, 1.165) is 63.4 Å². The minimum Gasteiger partial charge on any atom is -0.369 e. The highest BCUT2D eigenvalue weighted by Gasteiger charge is 2.31. The van der Waals surface area contributed by atoms with Gasteiger partial charge in [-0.15, -0.1) is 0 Å². The molecule has 1 amide bonds. The molecule has 2 aromatic carbocycles. The Labute approximate surface area is 197 Å². The summed E-state index contributed by atoms with van der Waals surface area (Å²) in [6.07, 6.45) is 2.83. The molecule has 2 saturated heterocycles. The summed E-state index contributed by atoms with van der Waals surface area (Å²) in [4.78, 5) is 17.7. The molecule has 1 N–H and O–H groups in total. The Kier molecular flexibility index (Phi) is 7.36. The summed E-state index contributed by atoms with van der Waals surface area (Å²) in [5.41, 5.74) is 2.31. The molecule has 2 heterocycles. The van der Waals surface area contributed by atoms with Gasteiger partial charge >= 0.3 is 0 Å². The Balaban J connectivity index is 1.38. The second-order valence-electron chi connectivity index (χ2n) is 8.91. The topological polar surface area (TPSA) is 73.0 Å². The summed E-state index contributed by atoms with van der Waals surface area (Å²) in [5, 5.41) is 2.91. The zero-order valence-corrected chi connectivity index (χ0v) is 20.4. The number of piperazine rings is 1. The molecule has 7 nitrogen and oxygen atoms in total. The molecular weight excluding hydrogens is 436 g/mol. The monoisotopic (exact) mass is 470 g/mol. The van der Waals surface area contributed by atoms with Crippen LogP contribution in [-0.4, -0.2) is 68.8 Å². The molecule has 4 rings (SSSR count). The molecule has 2 aliphatic heterocycles. The Hall–Kier alpha value is -2.42. The van der Waals surface area contributed by atoms with E-state index in [4.69, 9.17) is 0 Å². The van der Waals surface area contributed by atoms with Crippen molar-refractivity contribution in [1.29, 1.82) is 0 Å². The average molecular weight is 471 g/mol. The van der Waals surface area contributed by atoms with Gasteiger partial charge in [0.2, 0.25) is 10.0 Å². The van der Waals surface area contributed by atoms with Gasteiger partial charge in [-0.05, 0) is 74.8 Å². The van der Waals surface area contributed by atoms with E-state index in [-0.39, 0.29) is 16.8 Å². The lowest BCUT2D eigenvalue weighted by Gasteiger charge is -2.35. The summed E-state index contributed by atoms with van der Waals surface area (Å²) in [6.45, 7) is 9.92. The van der Waals surface area contributed by atoms with Crippen LogP contribution < -0.4 is 10.2 Å². The van der Waals surface area contributed by atoms with Crippen LogP contribution in [0.25, 0.3) is 0 Å². The first-order valence-corrected chi connectivity index (χ1v) is 13.3. The molecule has 0 spiro atoms. The van der Waals surface area contributed by atoms with Crippen LogP contribution in [0.3, 0.4) is 0 Å². The number of piperidine rings is 1. The summed E-state index contributed by atoms with van der Waals surface area (Å²) < 4.78 is 27.6. The van der Waals surface area contributed by atoms with Crippen molar-refractivity contribution in [2.45, 2.75) is 44.0 Å². The fourth-order valence-electron chi connectivity index (χ4n) is 4.62. The first-order chi connectivity index (χ1) is 15.9. The van der Waals surface area contributed by atoms with E-state index in [1.165, 1.54) is 12.1 Å². The summed E-state index contributed by atoms with van der Waals surface area (Å²) in [6, 6.07) is 14.1. The van der Waals surface area contributed by atoms with Crippen molar-refractivity contribution in [2.75, 3.05) is 49.5 Å². The molecule has 33 heavy (non-hydrogen) atoms. The predicted octanol–water partition coefficient (Wildman–Crippen LogP) is 3.64. The van der Waals surface area contributed by atoms with Crippen molar-refractivity contribution in [1.82, 2.24) is 9.21 Å². The van der Waals surface area contributed by atoms with Gasteiger partial charge in [-0.3, -0.25) is 4.79 Å². The third kappa shape index (κ3) is 5.39.